The molecule has 166 valence electrons. The van der Waals surface area contributed by atoms with Gasteiger partial charge < -0.3 is 19.5 Å². The summed E-state index contributed by atoms with van der Waals surface area (Å²) in [5, 5.41) is 18.6. The van der Waals surface area contributed by atoms with Gasteiger partial charge in [-0.1, -0.05) is 0 Å². The van der Waals surface area contributed by atoms with Gasteiger partial charge in [0, 0.05) is 19.3 Å². The normalized spacial score (nSPS) is 30.0. The Morgan fingerprint density at radius 2 is 1.83 bits per heavy atom. The van der Waals surface area contributed by atoms with Crippen LogP contribution in [0.3, 0.4) is 0 Å². The summed E-state index contributed by atoms with van der Waals surface area (Å²) in [5.41, 5.74) is -0.434. The molecule has 0 aromatic carbocycles. The average Bonchev–Trinajstić information content (AvgIpc) is 3.23. The van der Waals surface area contributed by atoms with E-state index in [9.17, 15) is 14.9 Å². The van der Waals surface area contributed by atoms with Gasteiger partial charge in [-0.15, -0.1) is 0 Å². The number of nitro groups is 1. The monoisotopic (exact) mass is 422 g/mol. The number of hydrogen-bond donors (Lipinski definition) is 1. The molecule has 0 radical (unpaired) electrons. The van der Waals surface area contributed by atoms with Crippen LogP contribution in [0.5, 0.6) is 0 Å². The van der Waals surface area contributed by atoms with Crippen molar-refractivity contribution in [2.75, 3.05) is 13.2 Å². The first-order chi connectivity index (χ1) is 14.6. The highest BCUT2D eigenvalue weighted by atomic mass is 16.7. The number of rotatable bonds is 6. The van der Waals surface area contributed by atoms with Gasteiger partial charge in [0.1, 0.15) is 12.4 Å². The summed E-state index contributed by atoms with van der Waals surface area (Å²) in [5.74, 6) is -0.503. The summed E-state index contributed by atoms with van der Waals surface area (Å²) in [6.07, 6.45) is 10.0. The van der Waals surface area contributed by atoms with Crippen LogP contribution in [-0.4, -0.2) is 52.3 Å². The summed E-state index contributed by atoms with van der Waals surface area (Å²) < 4.78 is 18.7. The topological polar surface area (TPSA) is 118 Å². The molecule has 1 N–H and O–H groups in total. The number of aromatic nitrogens is 2. The molecule has 2 saturated heterocycles. The zero-order valence-corrected chi connectivity index (χ0v) is 17.2. The van der Waals surface area contributed by atoms with E-state index >= 15 is 0 Å². The summed E-state index contributed by atoms with van der Waals surface area (Å²) in [4.78, 5) is 23.6. The third-order valence-corrected chi connectivity index (χ3v) is 6.07. The van der Waals surface area contributed by atoms with Gasteiger partial charge in [-0.25, -0.2) is 4.68 Å². The van der Waals surface area contributed by atoms with Crippen LogP contribution in [0.25, 0.3) is 0 Å². The fourth-order valence-corrected chi connectivity index (χ4v) is 4.39. The zero-order chi connectivity index (χ0) is 20.9. The van der Waals surface area contributed by atoms with Gasteiger partial charge in [-0.2, -0.15) is 5.10 Å². The molecule has 10 heteroatoms. The predicted molar refractivity (Wildman–Crippen MR) is 106 cm³/mol. The highest BCUT2D eigenvalue weighted by molar-refractivity contribution is 5.96. The molecule has 30 heavy (non-hydrogen) atoms. The molecule has 3 fully saturated rings. The maximum Gasteiger partial charge on any atom is 0.320 e. The van der Waals surface area contributed by atoms with Crippen LogP contribution in [-0.2, 0) is 14.2 Å². The Balaban J connectivity index is 1.32. The standard InChI is InChI=1S/C20H30N4O6/c25-20(19-16(24(26)27)13-23(22-19)17-5-1-3-11-28-17)21-14-7-9-15(10-8-14)30-18-6-2-4-12-29-18/h13-15,17-18H,1-12H2,(H,21,25)/t14?,15?,17-,18-/m1/s1. The van der Waals surface area contributed by atoms with Crippen molar-refractivity contribution in [2.45, 2.75) is 88.9 Å². The van der Waals surface area contributed by atoms with Gasteiger partial charge in [-0.3, -0.25) is 14.9 Å². The van der Waals surface area contributed by atoms with Gasteiger partial charge in [0.25, 0.3) is 5.91 Å². The predicted octanol–water partition coefficient (Wildman–Crippen LogP) is 3.07. The molecule has 3 heterocycles. The highest BCUT2D eigenvalue weighted by Gasteiger charge is 2.32. The molecule has 1 aromatic rings. The lowest BCUT2D eigenvalue weighted by Crippen LogP contribution is -2.40. The van der Waals surface area contributed by atoms with Crippen LogP contribution in [0, 0.1) is 10.1 Å². The first-order valence-corrected chi connectivity index (χ1v) is 11.0. The first kappa shape index (κ1) is 21.2. The molecule has 1 saturated carbocycles. The Morgan fingerprint density at radius 3 is 2.47 bits per heavy atom. The van der Waals surface area contributed by atoms with E-state index in [-0.39, 0.29) is 36.0 Å². The second kappa shape index (κ2) is 9.84. The van der Waals surface area contributed by atoms with E-state index in [1.807, 2.05) is 0 Å². The van der Waals surface area contributed by atoms with Crippen molar-refractivity contribution in [3.63, 3.8) is 0 Å². The minimum atomic E-state index is -0.559. The number of hydrogen-bond acceptors (Lipinski definition) is 7. The van der Waals surface area contributed by atoms with Crippen LogP contribution in [0.1, 0.15) is 80.9 Å². The number of nitrogens with zero attached hydrogens (tertiary/aromatic N) is 3. The highest BCUT2D eigenvalue weighted by Crippen LogP contribution is 2.28. The lowest BCUT2D eigenvalue weighted by molar-refractivity contribution is -0.385. The van der Waals surface area contributed by atoms with Gasteiger partial charge in [0.05, 0.1) is 11.0 Å². The molecule has 0 spiro atoms. The Hall–Kier alpha value is -2.04. The number of carbonyl (C=O) groups is 1. The fraction of sp³-hybridized carbons (Fsp3) is 0.800. The van der Waals surface area contributed by atoms with E-state index in [1.54, 1.807) is 0 Å². The molecule has 1 aromatic heterocycles. The molecule has 2 atom stereocenters. The Morgan fingerprint density at radius 1 is 1.10 bits per heavy atom. The fourth-order valence-electron chi connectivity index (χ4n) is 4.39. The molecule has 0 bridgehead atoms. The molecule has 0 unspecified atom stereocenters. The minimum Gasteiger partial charge on any atom is -0.357 e. The van der Waals surface area contributed by atoms with Crippen molar-refractivity contribution < 1.29 is 23.9 Å². The number of amides is 1. The molecule has 2 aliphatic heterocycles. The SMILES string of the molecule is O=C(NC1CCC(O[C@@H]2CCCCO2)CC1)c1nn([C@H]2CCCCO2)cc1[N+](=O)[O-]. The van der Waals surface area contributed by atoms with Gasteiger partial charge >= 0.3 is 5.69 Å². The van der Waals surface area contributed by atoms with Crippen LogP contribution >= 0.6 is 0 Å². The maximum atomic E-state index is 12.7. The molecular weight excluding hydrogens is 392 g/mol. The van der Waals surface area contributed by atoms with Gasteiger partial charge in [0.15, 0.2) is 6.29 Å². The Bertz CT molecular complexity index is 734. The van der Waals surface area contributed by atoms with E-state index in [1.165, 1.54) is 10.9 Å². The lowest BCUT2D eigenvalue weighted by atomic mass is 9.92. The van der Waals surface area contributed by atoms with Gasteiger partial charge in [-0.05, 0) is 64.2 Å². The van der Waals surface area contributed by atoms with Crippen LogP contribution in [0.2, 0.25) is 0 Å². The van der Waals surface area contributed by atoms with Crippen molar-refractivity contribution in [3.05, 3.63) is 22.0 Å². The molecule has 3 aliphatic rings. The Labute approximate surface area is 175 Å². The van der Waals surface area contributed by atoms with Gasteiger partial charge in [0.2, 0.25) is 5.69 Å². The smallest absolute Gasteiger partial charge is 0.320 e. The minimum absolute atomic E-state index is 0.0414. The summed E-state index contributed by atoms with van der Waals surface area (Å²) in [6.45, 7) is 1.35. The van der Waals surface area contributed by atoms with Crippen molar-refractivity contribution in [1.29, 1.82) is 0 Å². The van der Waals surface area contributed by atoms with E-state index < -0.39 is 10.8 Å². The summed E-state index contributed by atoms with van der Waals surface area (Å²) in [6, 6.07) is -0.0414. The van der Waals surface area contributed by atoms with E-state index in [4.69, 9.17) is 14.2 Å². The summed E-state index contributed by atoms with van der Waals surface area (Å²) >= 11 is 0. The summed E-state index contributed by atoms with van der Waals surface area (Å²) in [7, 11) is 0. The van der Waals surface area contributed by atoms with Crippen LogP contribution in [0.15, 0.2) is 6.20 Å². The van der Waals surface area contributed by atoms with Crippen LogP contribution < -0.4 is 5.32 Å². The van der Waals surface area contributed by atoms with E-state index in [0.29, 0.717) is 6.61 Å². The first-order valence-electron chi connectivity index (χ1n) is 11.0. The lowest BCUT2D eigenvalue weighted by Gasteiger charge is -2.32. The largest absolute Gasteiger partial charge is 0.357 e. The quantitative estimate of drug-likeness (QED) is 0.553. The number of carbonyl (C=O) groups excluding carboxylic acids is 1. The molecular formula is C20H30N4O6. The van der Waals surface area contributed by atoms with Crippen molar-refractivity contribution in [3.8, 4) is 0 Å². The van der Waals surface area contributed by atoms with Crippen molar-refractivity contribution in [2.24, 2.45) is 0 Å². The molecule has 1 amide bonds. The third-order valence-electron chi connectivity index (χ3n) is 6.07. The third kappa shape index (κ3) is 5.16. The van der Waals surface area contributed by atoms with Crippen molar-refractivity contribution in [1.82, 2.24) is 15.1 Å². The molecule has 10 nitrogen and oxygen atoms in total. The average molecular weight is 422 g/mol. The maximum absolute atomic E-state index is 12.7. The Kier molecular flexibility index (Phi) is 6.96. The second-order valence-corrected chi connectivity index (χ2v) is 8.30. The van der Waals surface area contributed by atoms with Crippen LogP contribution in [0.4, 0.5) is 5.69 Å². The zero-order valence-electron chi connectivity index (χ0n) is 17.2. The van der Waals surface area contributed by atoms with E-state index in [0.717, 1.165) is 70.8 Å². The second-order valence-electron chi connectivity index (χ2n) is 8.30. The number of nitrogens with one attached hydrogen (secondary N) is 1. The number of ether oxygens (including phenoxy) is 3. The van der Waals surface area contributed by atoms with Crippen molar-refractivity contribution >= 4 is 11.6 Å². The molecule has 1 aliphatic carbocycles. The van der Waals surface area contributed by atoms with E-state index in [2.05, 4.69) is 10.4 Å². The molecule has 4 rings (SSSR count).